The van der Waals surface area contributed by atoms with Gasteiger partial charge in [0.2, 0.25) is 0 Å². The van der Waals surface area contributed by atoms with Crippen LogP contribution in [0.15, 0.2) is 17.5 Å². The summed E-state index contributed by atoms with van der Waals surface area (Å²) in [6.45, 7) is 2.18. The van der Waals surface area contributed by atoms with E-state index in [4.69, 9.17) is 11.6 Å². The molecule has 0 saturated heterocycles. The van der Waals surface area contributed by atoms with Gasteiger partial charge in [0.15, 0.2) is 0 Å². The van der Waals surface area contributed by atoms with Gasteiger partial charge in [-0.3, -0.25) is 0 Å². The van der Waals surface area contributed by atoms with Crippen LogP contribution in [0.25, 0.3) is 10.1 Å². The van der Waals surface area contributed by atoms with E-state index in [0.717, 1.165) is 11.1 Å². The van der Waals surface area contributed by atoms with Gasteiger partial charge in [0.1, 0.15) is 0 Å². The van der Waals surface area contributed by atoms with Crippen LogP contribution in [0.1, 0.15) is 16.7 Å². The molecule has 0 unspecified atom stereocenters. The van der Waals surface area contributed by atoms with Crippen LogP contribution >= 0.6 is 22.9 Å². The highest BCUT2D eigenvalue weighted by molar-refractivity contribution is 7.17. The number of aliphatic hydroxyl groups excluding tert-OH is 1. The number of aryl methyl sites for hydroxylation is 1. The van der Waals surface area contributed by atoms with E-state index < -0.39 is 0 Å². The third-order valence-corrected chi connectivity index (χ3v) is 3.85. The maximum absolute atomic E-state index is 9.18. The maximum Gasteiger partial charge on any atom is 0.0695 e. The van der Waals surface area contributed by atoms with Gasteiger partial charge in [-0.1, -0.05) is 12.1 Å². The van der Waals surface area contributed by atoms with Crippen molar-refractivity contribution in [3.8, 4) is 0 Å². The normalized spacial score (nSPS) is 11.1. The Hall–Kier alpha value is -0.570. The maximum atomic E-state index is 9.18. The molecule has 1 N–H and O–H groups in total. The van der Waals surface area contributed by atoms with Gasteiger partial charge < -0.3 is 5.11 Å². The number of fused-ring (bicyclic) bond motifs is 1. The minimum Gasteiger partial charge on any atom is -0.392 e. The molecule has 0 aliphatic heterocycles. The SMILES string of the molecule is Cc1csc2c(CO)ccc(CCl)c12. The van der Waals surface area contributed by atoms with Gasteiger partial charge in [-0.25, -0.2) is 0 Å². The van der Waals surface area contributed by atoms with Crippen LogP contribution in [0.2, 0.25) is 0 Å². The van der Waals surface area contributed by atoms with Crippen LogP contribution in [-0.2, 0) is 12.5 Å². The molecule has 1 nitrogen and oxygen atoms in total. The fourth-order valence-electron chi connectivity index (χ4n) is 1.68. The molecule has 2 aromatic rings. The molecule has 2 rings (SSSR count). The Kier molecular flexibility index (Phi) is 2.77. The average molecular weight is 227 g/mol. The summed E-state index contributed by atoms with van der Waals surface area (Å²) in [5.74, 6) is 0.528. The van der Waals surface area contributed by atoms with Gasteiger partial charge >= 0.3 is 0 Å². The third-order valence-electron chi connectivity index (χ3n) is 2.39. The van der Waals surface area contributed by atoms with Gasteiger partial charge in [-0.15, -0.1) is 22.9 Å². The molecular formula is C11H11ClOS. The van der Waals surface area contributed by atoms with Crippen molar-refractivity contribution in [2.75, 3.05) is 0 Å². The van der Waals surface area contributed by atoms with Crippen LogP contribution in [-0.4, -0.2) is 5.11 Å². The minimum absolute atomic E-state index is 0.0962. The van der Waals surface area contributed by atoms with E-state index in [-0.39, 0.29) is 6.61 Å². The van der Waals surface area contributed by atoms with Crippen molar-refractivity contribution in [2.45, 2.75) is 19.4 Å². The zero-order valence-electron chi connectivity index (χ0n) is 7.88. The van der Waals surface area contributed by atoms with Crippen molar-refractivity contribution in [1.29, 1.82) is 0 Å². The molecule has 0 spiro atoms. The minimum atomic E-state index is 0.0962. The summed E-state index contributed by atoms with van der Waals surface area (Å²) in [6, 6.07) is 3.95. The quantitative estimate of drug-likeness (QED) is 0.778. The highest BCUT2D eigenvalue weighted by Crippen LogP contribution is 2.32. The zero-order valence-corrected chi connectivity index (χ0v) is 9.45. The number of hydrogen-bond acceptors (Lipinski definition) is 2. The first-order valence-electron chi connectivity index (χ1n) is 4.43. The van der Waals surface area contributed by atoms with Crippen molar-refractivity contribution in [3.63, 3.8) is 0 Å². The second-order valence-electron chi connectivity index (χ2n) is 3.30. The standard InChI is InChI=1S/C11H11ClOS/c1-7-6-14-11-9(5-13)3-2-8(4-12)10(7)11/h2-3,6,13H,4-5H2,1H3. The molecule has 0 fully saturated rings. The van der Waals surface area contributed by atoms with Crippen molar-refractivity contribution in [3.05, 3.63) is 34.2 Å². The summed E-state index contributed by atoms with van der Waals surface area (Å²) >= 11 is 7.55. The van der Waals surface area contributed by atoms with Crippen LogP contribution in [0.4, 0.5) is 0 Å². The van der Waals surface area contributed by atoms with Gasteiger partial charge in [-0.2, -0.15) is 0 Å². The molecule has 0 radical (unpaired) electrons. The molecular weight excluding hydrogens is 216 g/mol. The molecule has 0 amide bonds. The summed E-state index contributed by atoms with van der Waals surface area (Å²) in [5, 5.41) is 12.5. The molecule has 3 heteroatoms. The van der Waals surface area contributed by atoms with Crippen LogP contribution in [0.3, 0.4) is 0 Å². The molecule has 0 saturated carbocycles. The second kappa shape index (κ2) is 3.89. The highest BCUT2D eigenvalue weighted by Gasteiger charge is 2.08. The first-order valence-corrected chi connectivity index (χ1v) is 5.84. The molecule has 1 aromatic carbocycles. The molecule has 0 aliphatic rings. The lowest BCUT2D eigenvalue weighted by atomic mass is 10.1. The lowest BCUT2D eigenvalue weighted by molar-refractivity contribution is 0.283. The molecule has 0 bridgehead atoms. The van der Waals surface area contributed by atoms with E-state index >= 15 is 0 Å². The second-order valence-corrected chi connectivity index (χ2v) is 4.45. The Morgan fingerprint density at radius 1 is 1.36 bits per heavy atom. The molecule has 74 valence electrons. The van der Waals surface area contributed by atoms with E-state index in [1.807, 2.05) is 12.1 Å². The topological polar surface area (TPSA) is 20.2 Å². The van der Waals surface area contributed by atoms with Crippen LogP contribution < -0.4 is 0 Å². The highest BCUT2D eigenvalue weighted by atomic mass is 35.5. The fourth-order valence-corrected chi connectivity index (χ4v) is 3.00. The summed E-state index contributed by atoms with van der Waals surface area (Å²) in [6.07, 6.45) is 0. The average Bonchev–Trinajstić information content (AvgIpc) is 2.60. The molecule has 1 heterocycles. The predicted octanol–water partition coefficient (Wildman–Crippen LogP) is 3.44. The first kappa shape index (κ1) is 9.97. The Morgan fingerprint density at radius 3 is 2.71 bits per heavy atom. The Morgan fingerprint density at radius 2 is 2.07 bits per heavy atom. The number of thiophene rings is 1. The number of halogens is 1. The summed E-state index contributed by atoms with van der Waals surface area (Å²) < 4.78 is 1.17. The largest absolute Gasteiger partial charge is 0.392 e. The lowest BCUT2D eigenvalue weighted by Crippen LogP contribution is -1.87. The van der Waals surface area contributed by atoms with Crippen LogP contribution in [0.5, 0.6) is 0 Å². The van der Waals surface area contributed by atoms with Crippen molar-refractivity contribution >= 4 is 33.0 Å². The van der Waals surface area contributed by atoms with Gasteiger partial charge in [0.05, 0.1) is 6.61 Å². The van der Waals surface area contributed by atoms with Gasteiger partial charge in [-0.05, 0) is 29.0 Å². The first-order chi connectivity index (χ1) is 6.77. The van der Waals surface area contributed by atoms with E-state index in [2.05, 4.69) is 12.3 Å². The Balaban J connectivity index is 2.81. The van der Waals surface area contributed by atoms with Crippen LogP contribution in [0, 0.1) is 6.92 Å². The fraction of sp³-hybridized carbons (Fsp3) is 0.273. The van der Waals surface area contributed by atoms with E-state index in [9.17, 15) is 5.11 Å². The van der Waals surface area contributed by atoms with Gasteiger partial charge in [0.25, 0.3) is 0 Å². The molecule has 14 heavy (non-hydrogen) atoms. The molecule has 1 aromatic heterocycles. The number of alkyl halides is 1. The van der Waals surface area contributed by atoms with Crippen molar-refractivity contribution < 1.29 is 5.11 Å². The lowest BCUT2D eigenvalue weighted by Gasteiger charge is -2.04. The molecule has 0 aliphatic carbocycles. The summed E-state index contributed by atoms with van der Waals surface area (Å²) in [5.41, 5.74) is 3.39. The number of rotatable bonds is 2. The number of benzene rings is 1. The summed E-state index contributed by atoms with van der Waals surface area (Å²) in [4.78, 5) is 0. The van der Waals surface area contributed by atoms with E-state index in [0.29, 0.717) is 5.88 Å². The van der Waals surface area contributed by atoms with E-state index in [1.54, 1.807) is 11.3 Å². The zero-order chi connectivity index (χ0) is 10.1. The number of hydrogen-bond donors (Lipinski definition) is 1. The smallest absolute Gasteiger partial charge is 0.0695 e. The monoisotopic (exact) mass is 226 g/mol. The molecule has 0 atom stereocenters. The number of aliphatic hydroxyl groups is 1. The predicted molar refractivity (Wildman–Crippen MR) is 62.0 cm³/mol. The Bertz CT molecular complexity index is 462. The summed E-state index contributed by atoms with van der Waals surface area (Å²) in [7, 11) is 0. The third kappa shape index (κ3) is 1.44. The van der Waals surface area contributed by atoms with Gasteiger partial charge in [0, 0.05) is 16.0 Å². The van der Waals surface area contributed by atoms with E-state index in [1.165, 1.54) is 15.6 Å². The van der Waals surface area contributed by atoms with Crippen molar-refractivity contribution in [1.82, 2.24) is 0 Å². The van der Waals surface area contributed by atoms with Crippen molar-refractivity contribution in [2.24, 2.45) is 0 Å². The Labute approximate surface area is 91.9 Å².